The van der Waals surface area contributed by atoms with Gasteiger partial charge in [0, 0.05) is 30.6 Å². The lowest BCUT2D eigenvalue weighted by molar-refractivity contribution is -0.134. The molecule has 2 aromatic carbocycles. The van der Waals surface area contributed by atoms with Gasteiger partial charge in [-0.15, -0.1) is 0 Å². The van der Waals surface area contributed by atoms with Gasteiger partial charge in [-0.2, -0.15) is 0 Å². The number of ether oxygens (including phenoxy) is 1. The highest BCUT2D eigenvalue weighted by Gasteiger charge is 2.23. The minimum absolute atomic E-state index is 0.00148. The Morgan fingerprint density at radius 3 is 2.57 bits per heavy atom. The van der Waals surface area contributed by atoms with Crippen LogP contribution in [0.5, 0.6) is 5.75 Å². The third kappa shape index (κ3) is 5.09. The van der Waals surface area contributed by atoms with Crippen molar-refractivity contribution in [2.75, 3.05) is 19.7 Å². The first-order valence-corrected chi connectivity index (χ1v) is 10.6. The molecule has 5 heteroatoms. The van der Waals surface area contributed by atoms with Crippen molar-refractivity contribution >= 4 is 16.9 Å². The minimum atomic E-state index is -0.402. The Morgan fingerprint density at radius 2 is 1.80 bits per heavy atom. The molecule has 1 aliphatic heterocycles. The molecule has 0 radical (unpaired) electrons. The second-order valence-electron chi connectivity index (χ2n) is 8.09. The molecule has 0 spiro atoms. The quantitative estimate of drug-likeness (QED) is 0.572. The summed E-state index contributed by atoms with van der Waals surface area (Å²) in [5, 5.41) is 0.820. The summed E-state index contributed by atoms with van der Waals surface area (Å²) in [7, 11) is 0. The van der Waals surface area contributed by atoms with Crippen LogP contribution in [0.25, 0.3) is 11.0 Å². The van der Waals surface area contributed by atoms with Crippen LogP contribution in [0.3, 0.4) is 0 Å². The highest BCUT2D eigenvalue weighted by molar-refractivity contribution is 5.79. The number of benzene rings is 2. The standard InChI is InChI=1S/C25H27NO4/c1-18-2-4-19(5-3-18)6-7-20-12-14-26(15-13-20)24(27)17-29-22-10-8-21-9-11-25(28)30-23(21)16-22/h2-5,8-11,16,20H,6-7,12-15,17H2,1H3. The van der Waals surface area contributed by atoms with Crippen molar-refractivity contribution in [1.82, 2.24) is 4.90 Å². The molecule has 0 N–H and O–H groups in total. The number of aryl methyl sites for hydroxylation is 2. The van der Waals surface area contributed by atoms with Crippen molar-refractivity contribution in [2.45, 2.75) is 32.6 Å². The van der Waals surface area contributed by atoms with E-state index in [9.17, 15) is 9.59 Å². The SMILES string of the molecule is Cc1ccc(CCC2CCN(C(=O)COc3ccc4ccc(=O)oc4c3)CC2)cc1. The molecule has 5 nitrogen and oxygen atoms in total. The van der Waals surface area contributed by atoms with Gasteiger partial charge in [0.05, 0.1) is 0 Å². The molecular formula is C25H27NO4. The molecule has 1 aromatic heterocycles. The molecule has 0 bridgehead atoms. The second-order valence-corrected chi connectivity index (χ2v) is 8.09. The lowest BCUT2D eigenvalue weighted by Gasteiger charge is -2.32. The van der Waals surface area contributed by atoms with E-state index < -0.39 is 5.63 Å². The zero-order valence-corrected chi connectivity index (χ0v) is 17.3. The van der Waals surface area contributed by atoms with Gasteiger partial charge < -0.3 is 14.1 Å². The molecule has 0 unspecified atom stereocenters. The second kappa shape index (κ2) is 9.16. The smallest absolute Gasteiger partial charge is 0.336 e. The summed E-state index contributed by atoms with van der Waals surface area (Å²) >= 11 is 0. The number of hydrogen-bond donors (Lipinski definition) is 0. The fourth-order valence-corrected chi connectivity index (χ4v) is 3.96. The number of nitrogens with zero attached hydrogens (tertiary/aromatic N) is 1. The number of rotatable bonds is 6. The highest BCUT2D eigenvalue weighted by Crippen LogP contribution is 2.23. The largest absolute Gasteiger partial charge is 0.484 e. The van der Waals surface area contributed by atoms with Gasteiger partial charge in [0.15, 0.2) is 6.61 Å². The molecule has 2 heterocycles. The lowest BCUT2D eigenvalue weighted by atomic mass is 9.90. The monoisotopic (exact) mass is 405 g/mol. The average Bonchev–Trinajstić information content (AvgIpc) is 2.77. The fourth-order valence-electron chi connectivity index (χ4n) is 3.96. The summed E-state index contributed by atoms with van der Waals surface area (Å²) in [6, 6.07) is 17.1. The number of amides is 1. The van der Waals surface area contributed by atoms with E-state index in [1.165, 1.54) is 23.6 Å². The lowest BCUT2D eigenvalue weighted by Crippen LogP contribution is -2.41. The van der Waals surface area contributed by atoms with Crippen molar-refractivity contribution in [1.29, 1.82) is 0 Å². The van der Waals surface area contributed by atoms with E-state index in [-0.39, 0.29) is 12.5 Å². The number of carbonyl (C=O) groups excluding carboxylic acids is 1. The topological polar surface area (TPSA) is 59.8 Å². The van der Waals surface area contributed by atoms with Crippen LogP contribution in [0.15, 0.2) is 63.8 Å². The van der Waals surface area contributed by atoms with Crippen molar-refractivity contribution in [3.63, 3.8) is 0 Å². The Hall–Kier alpha value is -3.08. The molecule has 30 heavy (non-hydrogen) atoms. The van der Waals surface area contributed by atoms with E-state index in [2.05, 4.69) is 31.2 Å². The van der Waals surface area contributed by atoms with Gasteiger partial charge in [0.25, 0.3) is 5.91 Å². The summed E-state index contributed by atoms with van der Waals surface area (Å²) in [5.41, 5.74) is 2.74. The number of likely N-dealkylation sites (tertiary alicyclic amines) is 1. The van der Waals surface area contributed by atoms with Crippen LogP contribution in [-0.4, -0.2) is 30.5 Å². The molecule has 156 valence electrons. The van der Waals surface area contributed by atoms with Crippen LogP contribution in [0, 0.1) is 12.8 Å². The molecule has 1 aliphatic rings. The number of carbonyl (C=O) groups is 1. The van der Waals surface area contributed by atoms with Crippen LogP contribution in [0.2, 0.25) is 0 Å². The van der Waals surface area contributed by atoms with Crippen molar-refractivity contribution < 1.29 is 13.9 Å². The Bertz CT molecular complexity index is 1060. The molecule has 1 fully saturated rings. The molecule has 1 amide bonds. The molecular weight excluding hydrogens is 378 g/mol. The van der Waals surface area contributed by atoms with Crippen LogP contribution < -0.4 is 10.4 Å². The van der Waals surface area contributed by atoms with Crippen LogP contribution in [0.4, 0.5) is 0 Å². The predicted octanol–water partition coefficient (Wildman–Crippen LogP) is 4.35. The Balaban J connectivity index is 1.23. The summed E-state index contributed by atoms with van der Waals surface area (Å²) in [5.74, 6) is 1.19. The molecule has 0 saturated carbocycles. The summed E-state index contributed by atoms with van der Waals surface area (Å²) in [4.78, 5) is 25.8. The first-order chi connectivity index (χ1) is 14.6. The zero-order valence-electron chi connectivity index (χ0n) is 17.3. The maximum absolute atomic E-state index is 12.5. The third-order valence-electron chi connectivity index (χ3n) is 5.89. The summed E-state index contributed by atoms with van der Waals surface area (Å²) in [6.45, 7) is 3.68. The van der Waals surface area contributed by atoms with E-state index in [4.69, 9.17) is 9.15 Å². The van der Waals surface area contributed by atoms with Gasteiger partial charge in [-0.25, -0.2) is 4.79 Å². The third-order valence-corrected chi connectivity index (χ3v) is 5.89. The summed E-state index contributed by atoms with van der Waals surface area (Å²) in [6.07, 6.45) is 4.35. The number of hydrogen-bond acceptors (Lipinski definition) is 4. The van der Waals surface area contributed by atoms with Gasteiger partial charge in [-0.3, -0.25) is 4.79 Å². The maximum Gasteiger partial charge on any atom is 0.336 e. The first-order valence-electron chi connectivity index (χ1n) is 10.6. The number of fused-ring (bicyclic) bond motifs is 1. The van der Waals surface area contributed by atoms with E-state index >= 15 is 0 Å². The van der Waals surface area contributed by atoms with Gasteiger partial charge >= 0.3 is 5.63 Å². The normalized spacial score (nSPS) is 14.8. The van der Waals surface area contributed by atoms with Crippen molar-refractivity contribution in [3.8, 4) is 5.75 Å². The molecule has 3 aromatic rings. The van der Waals surface area contributed by atoms with Crippen LogP contribution >= 0.6 is 0 Å². The molecule has 0 atom stereocenters. The van der Waals surface area contributed by atoms with E-state index in [0.717, 1.165) is 37.7 Å². The molecule has 4 rings (SSSR count). The van der Waals surface area contributed by atoms with E-state index in [0.29, 0.717) is 17.3 Å². The number of piperidine rings is 1. The summed E-state index contributed by atoms with van der Waals surface area (Å²) < 4.78 is 10.8. The minimum Gasteiger partial charge on any atom is -0.484 e. The highest BCUT2D eigenvalue weighted by atomic mass is 16.5. The molecule has 0 aliphatic carbocycles. The molecule has 1 saturated heterocycles. The Kier molecular flexibility index (Phi) is 6.17. The first kappa shape index (κ1) is 20.2. The van der Waals surface area contributed by atoms with Crippen molar-refractivity contribution in [3.05, 3.63) is 76.1 Å². The zero-order chi connectivity index (χ0) is 20.9. The Morgan fingerprint density at radius 1 is 1.07 bits per heavy atom. The predicted molar refractivity (Wildman–Crippen MR) is 117 cm³/mol. The van der Waals surface area contributed by atoms with E-state index in [1.54, 1.807) is 18.2 Å². The van der Waals surface area contributed by atoms with E-state index in [1.807, 2.05) is 11.0 Å². The Labute approximate surface area is 176 Å². The average molecular weight is 405 g/mol. The van der Waals surface area contributed by atoms with Crippen LogP contribution in [-0.2, 0) is 11.2 Å². The van der Waals surface area contributed by atoms with Gasteiger partial charge in [0.1, 0.15) is 11.3 Å². The maximum atomic E-state index is 12.5. The van der Waals surface area contributed by atoms with Crippen molar-refractivity contribution in [2.24, 2.45) is 5.92 Å². The van der Waals surface area contributed by atoms with Gasteiger partial charge in [0.2, 0.25) is 0 Å². The fraction of sp³-hybridized carbons (Fsp3) is 0.360. The van der Waals surface area contributed by atoms with Gasteiger partial charge in [-0.05, 0) is 62.3 Å². The van der Waals surface area contributed by atoms with Crippen LogP contribution in [0.1, 0.15) is 30.4 Å². The van der Waals surface area contributed by atoms with Gasteiger partial charge in [-0.1, -0.05) is 29.8 Å².